The molecule has 0 aromatic rings. The van der Waals surface area contributed by atoms with Crippen LogP contribution in [0, 0.1) is 0 Å². The Hall–Kier alpha value is -0.370. The molecule has 0 fully saturated rings. The van der Waals surface area contributed by atoms with Gasteiger partial charge in [-0.25, -0.2) is 0 Å². The van der Waals surface area contributed by atoms with Crippen molar-refractivity contribution in [3.63, 3.8) is 0 Å². The number of hydrogen-bond donors (Lipinski definition) is 0. The second-order valence-corrected chi connectivity index (χ2v) is 3.36. The Morgan fingerprint density at radius 1 is 1.23 bits per heavy atom. The highest BCUT2D eigenvalue weighted by Crippen LogP contribution is 2.22. The van der Waals surface area contributed by atoms with Crippen LogP contribution in [-0.2, 0) is 4.74 Å². The van der Waals surface area contributed by atoms with Crippen LogP contribution >= 0.6 is 0 Å². The first-order valence-corrected chi connectivity index (χ1v) is 5.24. The quantitative estimate of drug-likeness (QED) is 0.583. The van der Waals surface area contributed by atoms with Crippen LogP contribution in [-0.4, -0.2) is 25.0 Å². The van der Waals surface area contributed by atoms with Crippen molar-refractivity contribution in [2.45, 2.75) is 52.6 Å². The van der Waals surface area contributed by atoms with Gasteiger partial charge in [0, 0.05) is 19.4 Å². The maximum absolute atomic E-state index is 5.90. The summed E-state index contributed by atoms with van der Waals surface area (Å²) in [6.07, 6.45) is 3.08. The van der Waals surface area contributed by atoms with Crippen molar-refractivity contribution in [3.8, 4) is 0 Å². The van der Waals surface area contributed by atoms with E-state index in [0.29, 0.717) is 0 Å². The Kier molecular flexibility index (Phi) is 5.97. The summed E-state index contributed by atoms with van der Waals surface area (Å²) >= 11 is 0. The molecule has 0 unspecified atom stereocenters. The van der Waals surface area contributed by atoms with E-state index < -0.39 is 0 Å². The van der Waals surface area contributed by atoms with Crippen molar-refractivity contribution in [2.75, 3.05) is 13.7 Å². The molecule has 0 aliphatic rings. The lowest BCUT2D eigenvalue weighted by Gasteiger charge is -2.31. The lowest BCUT2D eigenvalue weighted by Crippen LogP contribution is -2.39. The summed E-state index contributed by atoms with van der Waals surface area (Å²) in [5.41, 5.74) is 1.01. The fourth-order valence-electron chi connectivity index (χ4n) is 1.57. The fourth-order valence-corrected chi connectivity index (χ4v) is 1.57. The molecule has 0 radical (unpaired) electrons. The second kappa shape index (κ2) is 6.14. The van der Waals surface area contributed by atoms with Gasteiger partial charge in [0.15, 0.2) is 0 Å². The minimum absolute atomic E-state index is 0.106. The van der Waals surface area contributed by atoms with Crippen molar-refractivity contribution in [1.82, 2.24) is 0 Å². The molecule has 78 valence electrons. The monoisotopic (exact) mass is 185 g/mol. The van der Waals surface area contributed by atoms with Gasteiger partial charge in [0.05, 0.1) is 0 Å². The van der Waals surface area contributed by atoms with Gasteiger partial charge >= 0.3 is 0 Å². The molecule has 0 aromatic heterocycles. The summed E-state index contributed by atoms with van der Waals surface area (Å²) in [7, 11) is 1.84. The van der Waals surface area contributed by atoms with E-state index in [2.05, 4.69) is 32.7 Å². The largest absolute Gasteiger partial charge is 0.369 e. The molecule has 0 amide bonds. The summed E-state index contributed by atoms with van der Waals surface area (Å²) in [4.78, 5) is 4.25. The second-order valence-electron chi connectivity index (χ2n) is 3.36. The fraction of sp³-hybridized carbons (Fsp3) is 0.909. The van der Waals surface area contributed by atoms with Crippen molar-refractivity contribution >= 4 is 5.71 Å². The van der Waals surface area contributed by atoms with Crippen molar-refractivity contribution in [1.29, 1.82) is 0 Å². The SMILES string of the molecule is CCCOC(CC)(CC)C(C)=NC. The van der Waals surface area contributed by atoms with Crippen molar-refractivity contribution in [3.05, 3.63) is 0 Å². The molecule has 13 heavy (non-hydrogen) atoms. The predicted octanol–water partition coefficient (Wildman–Crippen LogP) is 3.06. The van der Waals surface area contributed by atoms with E-state index in [1.165, 1.54) is 0 Å². The Balaban J connectivity index is 4.49. The first kappa shape index (κ1) is 12.6. The van der Waals surface area contributed by atoms with Crippen LogP contribution in [0.25, 0.3) is 0 Å². The van der Waals surface area contributed by atoms with E-state index in [1.54, 1.807) is 0 Å². The number of hydrogen-bond acceptors (Lipinski definition) is 2. The molecular weight excluding hydrogens is 162 g/mol. The van der Waals surface area contributed by atoms with Crippen LogP contribution in [0.1, 0.15) is 47.0 Å². The minimum Gasteiger partial charge on any atom is -0.369 e. The third kappa shape index (κ3) is 3.11. The molecule has 0 aromatic carbocycles. The van der Waals surface area contributed by atoms with Crippen LogP contribution in [0.5, 0.6) is 0 Å². The van der Waals surface area contributed by atoms with Gasteiger partial charge in [-0.2, -0.15) is 0 Å². The summed E-state index contributed by atoms with van der Waals surface area (Å²) < 4.78 is 5.90. The van der Waals surface area contributed by atoms with E-state index >= 15 is 0 Å². The topological polar surface area (TPSA) is 21.6 Å². The van der Waals surface area contributed by atoms with Gasteiger partial charge in [-0.1, -0.05) is 20.8 Å². The smallest absolute Gasteiger partial charge is 0.105 e. The van der Waals surface area contributed by atoms with E-state index in [4.69, 9.17) is 4.74 Å². The molecule has 0 aliphatic carbocycles. The highest BCUT2D eigenvalue weighted by molar-refractivity contribution is 5.90. The van der Waals surface area contributed by atoms with Crippen LogP contribution < -0.4 is 0 Å². The first-order chi connectivity index (χ1) is 6.16. The summed E-state index contributed by atoms with van der Waals surface area (Å²) in [5, 5.41) is 0. The van der Waals surface area contributed by atoms with Gasteiger partial charge in [-0.15, -0.1) is 0 Å². The van der Waals surface area contributed by atoms with Gasteiger partial charge in [0.1, 0.15) is 5.60 Å². The highest BCUT2D eigenvalue weighted by Gasteiger charge is 2.29. The maximum atomic E-state index is 5.90. The van der Waals surface area contributed by atoms with Gasteiger partial charge in [-0.05, 0) is 26.2 Å². The zero-order chi connectivity index (χ0) is 10.3. The molecule has 0 rings (SSSR count). The van der Waals surface area contributed by atoms with E-state index in [0.717, 1.165) is 31.6 Å². The number of ether oxygens (including phenoxy) is 1. The molecule has 2 heteroatoms. The lowest BCUT2D eigenvalue weighted by molar-refractivity contribution is 0.00163. The standard InChI is InChI=1S/C11H23NO/c1-6-9-13-11(7-2,8-3)10(4)12-5/h6-9H2,1-5H3. The van der Waals surface area contributed by atoms with E-state index in [-0.39, 0.29) is 5.60 Å². The normalized spacial score (nSPS) is 13.5. The number of nitrogens with zero attached hydrogens (tertiary/aromatic N) is 1. The number of rotatable bonds is 6. The van der Waals surface area contributed by atoms with Gasteiger partial charge < -0.3 is 4.74 Å². The van der Waals surface area contributed by atoms with Gasteiger partial charge in [-0.3, -0.25) is 4.99 Å². The zero-order valence-corrected chi connectivity index (χ0v) is 9.68. The molecule has 0 N–H and O–H groups in total. The van der Waals surface area contributed by atoms with Crippen LogP contribution in [0.2, 0.25) is 0 Å². The summed E-state index contributed by atoms with van der Waals surface area (Å²) in [6, 6.07) is 0. The first-order valence-electron chi connectivity index (χ1n) is 5.24. The summed E-state index contributed by atoms with van der Waals surface area (Å²) in [6.45, 7) is 9.34. The van der Waals surface area contributed by atoms with E-state index in [1.807, 2.05) is 7.05 Å². The third-order valence-corrected chi connectivity index (χ3v) is 2.72. The minimum atomic E-state index is -0.106. The molecule has 0 aliphatic heterocycles. The zero-order valence-electron chi connectivity index (χ0n) is 9.68. The van der Waals surface area contributed by atoms with Gasteiger partial charge in [0.2, 0.25) is 0 Å². The highest BCUT2D eigenvalue weighted by atomic mass is 16.5. The molecule has 0 saturated heterocycles. The molecule has 0 saturated carbocycles. The molecule has 0 spiro atoms. The van der Waals surface area contributed by atoms with Crippen LogP contribution in [0.3, 0.4) is 0 Å². The van der Waals surface area contributed by atoms with Crippen LogP contribution in [0.15, 0.2) is 4.99 Å². The van der Waals surface area contributed by atoms with Gasteiger partial charge in [0.25, 0.3) is 0 Å². The molecule has 0 atom stereocenters. The molecule has 0 bridgehead atoms. The van der Waals surface area contributed by atoms with Crippen molar-refractivity contribution in [2.24, 2.45) is 4.99 Å². The maximum Gasteiger partial charge on any atom is 0.105 e. The summed E-state index contributed by atoms with van der Waals surface area (Å²) in [5.74, 6) is 0. The lowest BCUT2D eigenvalue weighted by atomic mass is 9.92. The Bertz CT molecular complexity index is 159. The Morgan fingerprint density at radius 2 is 1.77 bits per heavy atom. The average Bonchev–Trinajstić information content (AvgIpc) is 2.19. The van der Waals surface area contributed by atoms with Crippen molar-refractivity contribution < 1.29 is 4.74 Å². The Morgan fingerprint density at radius 3 is 2.08 bits per heavy atom. The molecule has 2 nitrogen and oxygen atoms in total. The molecular formula is C11H23NO. The number of aliphatic imine (C=N–C) groups is 1. The predicted molar refractivity (Wildman–Crippen MR) is 58.6 cm³/mol. The molecule has 0 heterocycles. The average molecular weight is 185 g/mol. The van der Waals surface area contributed by atoms with Crippen LogP contribution in [0.4, 0.5) is 0 Å². The van der Waals surface area contributed by atoms with E-state index in [9.17, 15) is 0 Å². The third-order valence-electron chi connectivity index (χ3n) is 2.72. The Labute approximate surface area is 82.4 Å².